The summed E-state index contributed by atoms with van der Waals surface area (Å²) in [6, 6.07) is 7.47. The summed E-state index contributed by atoms with van der Waals surface area (Å²) in [4.78, 5) is 8.20. The zero-order chi connectivity index (χ0) is 13.8. The van der Waals surface area contributed by atoms with Crippen molar-refractivity contribution < 1.29 is 9.63 Å². The Bertz CT molecular complexity index is 662. The minimum atomic E-state index is 0.0892. The van der Waals surface area contributed by atoms with Crippen molar-refractivity contribution in [2.24, 2.45) is 0 Å². The van der Waals surface area contributed by atoms with E-state index < -0.39 is 0 Å². The molecule has 0 aliphatic heterocycles. The largest absolute Gasteiger partial charge is 0.395 e. The van der Waals surface area contributed by atoms with Gasteiger partial charge in [-0.3, -0.25) is 5.10 Å². The fraction of sp³-hybridized carbons (Fsp3) is 0.167. The highest BCUT2D eigenvalue weighted by Gasteiger charge is 2.12. The molecule has 2 aromatic heterocycles. The Morgan fingerprint density at radius 2 is 2.10 bits per heavy atom. The van der Waals surface area contributed by atoms with Gasteiger partial charge in [0.2, 0.25) is 5.82 Å². The smallest absolute Gasteiger partial charge is 0.258 e. The van der Waals surface area contributed by atoms with Crippen LogP contribution in [-0.2, 0) is 0 Å². The highest BCUT2D eigenvalue weighted by atomic mass is 16.5. The van der Waals surface area contributed by atoms with E-state index in [2.05, 4.69) is 30.6 Å². The predicted octanol–water partition coefficient (Wildman–Crippen LogP) is 0.926. The van der Waals surface area contributed by atoms with Crippen LogP contribution in [0.2, 0.25) is 0 Å². The SMILES string of the molecule is OCCNc1ccc(-c2nc(-c3ncn[nH]3)no2)cc1. The molecule has 0 saturated heterocycles. The van der Waals surface area contributed by atoms with E-state index in [1.165, 1.54) is 6.33 Å². The van der Waals surface area contributed by atoms with E-state index in [1.807, 2.05) is 24.3 Å². The van der Waals surface area contributed by atoms with E-state index in [0.29, 0.717) is 24.1 Å². The lowest BCUT2D eigenvalue weighted by atomic mass is 10.2. The van der Waals surface area contributed by atoms with Gasteiger partial charge in [-0.15, -0.1) is 0 Å². The van der Waals surface area contributed by atoms with Crippen LogP contribution in [0.15, 0.2) is 35.1 Å². The van der Waals surface area contributed by atoms with Crippen LogP contribution >= 0.6 is 0 Å². The number of anilines is 1. The molecule has 0 atom stereocenters. The van der Waals surface area contributed by atoms with Crippen LogP contribution in [0.25, 0.3) is 23.1 Å². The summed E-state index contributed by atoms with van der Waals surface area (Å²) in [6.45, 7) is 0.599. The average molecular weight is 272 g/mol. The van der Waals surface area contributed by atoms with Crippen molar-refractivity contribution in [1.29, 1.82) is 0 Å². The Labute approximate surface area is 113 Å². The number of aromatic nitrogens is 5. The molecule has 1 aromatic carbocycles. The van der Waals surface area contributed by atoms with Crippen LogP contribution in [0, 0.1) is 0 Å². The molecule has 3 rings (SSSR count). The first kappa shape index (κ1) is 12.3. The van der Waals surface area contributed by atoms with Gasteiger partial charge in [-0.1, -0.05) is 5.16 Å². The van der Waals surface area contributed by atoms with Crippen LogP contribution in [0.5, 0.6) is 0 Å². The molecule has 8 heteroatoms. The molecule has 0 saturated carbocycles. The van der Waals surface area contributed by atoms with E-state index >= 15 is 0 Å². The first-order valence-electron chi connectivity index (χ1n) is 6.01. The van der Waals surface area contributed by atoms with Crippen molar-refractivity contribution in [1.82, 2.24) is 25.3 Å². The first-order valence-corrected chi connectivity index (χ1v) is 6.01. The predicted molar refractivity (Wildman–Crippen MR) is 70.7 cm³/mol. The molecule has 8 nitrogen and oxygen atoms in total. The van der Waals surface area contributed by atoms with Gasteiger partial charge in [-0.05, 0) is 24.3 Å². The number of benzene rings is 1. The van der Waals surface area contributed by atoms with Crippen LogP contribution in [0.4, 0.5) is 5.69 Å². The van der Waals surface area contributed by atoms with Gasteiger partial charge in [0.1, 0.15) is 6.33 Å². The molecule has 3 aromatic rings. The van der Waals surface area contributed by atoms with Crippen LogP contribution in [0.1, 0.15) is 0 Å². The highest BCUT2D eigenvalue weighted by Crippen LogP contribution is 2.21. The molecule has 0 bridgehead atoms. The Kier molecular flexibility index (Phi) is 3.38. The maximum Gasteiger partial charge on any atom is 0.258 e. The highest BCUT2D eigenvalue weighted by molar-refractivity contribution is 5.59. The Morgan fingerprint density at radius 3 is 2.80 bits per heavy atom. The molecule has 0 aliphatic rings. The van der Waals surface area contributed by atoms with Crippen LogP contribution in [-0.4, -0.2) is 43.6 Å². The third-order valence-electron chi connectivity index (χ3n) is 2.63. The van der Waals surface area contributed by atoms with Gasteiger partial charge in [-0.2, -0.15) is 10.1 Å². The lowest BCUT2D eigenvalue weighted by Crippen LogP contribution is -2.04. The average Bonchev–Trinajstić information content (AvgIpc) is 3.16. The third kappa shape index (κ3) is 2.50. The van der Waals surface area contributed by atoms with E-state index in [1.54, 1.807) is 0 Å². The normalized spacial score (nSPS) is 10.7. The van der Waals surface area contributed by atoms with Crippen LogP contribution in [0.3, 0.4) is 0 Å². The molecule has 0 spiro atoms. The van der Waals surface area contributed by atoms with Gasteiger partial charge >= 0.3 is 0 Å². The van der Waals surface area contributed by atoms with E-state index in [0.717, 1.165) is 11.3 Å². The van der Waals surface area contributed by atoms with Gasteiger partial charge in [0.25, 0.3) is 5.89 Å². The fourth-order valence-electron chi connectivity index (χ4n) is 1.68. The Hall–Kier alpha value is -2.74. The van der Waals surface area contributed by atoms with Gasteiger partial charge in [-0.25, -0.2) is 4.98 Å². The number of hydrogen-bond donors (Lipinski definition) is 3. The Balaban J connectivity index is 1.79. The fourth-order valence-corrected chi connectivity index (χ4v) is 1.68. The lowest BCUT2D eigenvalue weighted by Gasteiger charge is -2.03. The van der Waals surface area contributed by atoms with Gasteiger partial charge < -0.3 is 14.9 Å². The minimum absolute atomic E-state index is 0.0892. The zero-order valence-corrected chi connectivity index (χ0v) is 10.4. The minimum Gasteiger partial charge on any atom is -0.395 e. The van der Waals surface area contributed by atoms with Gasteiger partial charge in [0.05, 0.1) is 6.61 Å². The monoisotopic (exact) mass is 272 g/mol. The molecule has 0 aliphatic carbocycles. The Morgan fingerprint density at radius 1 is 1.25 bits per heavy atom. The van der Waals surface area contributed by atoms with Crippen molar-refractivity contribution in [3.8, 4) is 23.1 Å². The van der Waals surface area contributed by atoms with Crippen molar-refractivity contribution in [3.05, 3.63) is 30.6 Å². The molecule has 3 N–H and O–H groups in total. The molecule has 20 heavy (non-hydrogen) atoms. The second kappa shape index (κ2) is 5.49. The molecule has 102 valence electrons. The summed E-state index contributed by atoms with van der Waals surface area (Å²) in [5, 5.41) is 22.0. The van der Waals surface area contributed by atoms with E-state index in [-0.39, 0.29) is 6.61 Å². The number of nitrogens with zero attached hydrogens (tertiary/aromatic N) is 4. The van der Waals surface area contributed by atoms with E-state index in [9.17, 15) is 0 Å². The van der Waals surface area contributed by atoms with Crippen LogP contribution < -0.4 is 5.32 Å². The summed E-state index contributed by atoms with van der Waals surface area (Å²) >= 11 is 0. The topological polar surface area (TPSA) is 113 Å². The number of rotatable bonds is 5. The molecular formula is C12H12N6O2. The number of hydrogen-bond acceptors (Lipinski definition) is 7. The van der Waals surface area contributed by atoms with E-state index in [4.69, 9.17) is 9.63 Å². The quantitative estimate of drug-likeness (QED) is 0.633. The van der Waals surface area contributed by atoms with Crippen molar-refractivity contribution in [2.45, 2.75) is 0 Å². The number of nitrogens with one attached hydrogen (secondary N) is 2. The third-order valence-corrected chi connectivity index (χ3v) is 2.63. The zero-order valence-electron chi connectivity index (χ0n) is 10.4. The van der Waals surface area contributed by atoms with Crippen molar-refractivity contribution >= 4 is 5.69 Å². The standard InChI is InChI=1S/C12H12N6O2/c19-6-5-13-9-3-1-8(2-4-9)12-16-11(18-20-12)10-14-7-15-17-10/h1-4,7,13,19H,5-6H2,(H,14,15,17). The number of aliphatic hydroxyl groups excluding tert-OH is 1. The summed E-state index contributed by atoms with van der Waals surface area (Å²) < 4.78 is 5.19. The summed E-state index contributed by atoms with van der Waals surface area (Å²) in [7, 11) is 0. The lowest BCUT2D eigenvalue weighted by molar-refractivity contribution is 0.311. The molecular weight excluding hydrogens is 260 g/mol. The molecule has 0 unspecified atom stereocenters. The summed E-state index contributed by atoms with van der Waals surface area (Å²) in [6.07, 6.45) is 1.38. The summed E-state index contributed by atoms with van der Waals surface area (Å²) in [5.41, 5.74) is 1.72. The number of H-pyrrole nitrogens is 1. The van der Waals surface area contributed by atoms with Gasteiger partial charge in [0, 0.05) is 17.8 Å². The molecule has 2 heterocycles. The molecule has 0 amide bonds. The maximum absolute atomic E-state index is 8.74. The van der Waals surface area contributed by atoms with Crippen molar-refractivity contribution in [3.63, 3.8) is 0 Å². The molecule has 0 fully saturated rings. The number of aliphatic hydroxyl groups is 1. The van der Waals surface area contributed by atoms with Crippen molar-refractivity contribution in [2.75, 3.05) is 18.5 Å². The second-order valence-electron chi connectivity index (χ2n) is 3.98. The molecule has 0 radical (unpaired) electrons. The maximum atomic E-state index is 8.74. The first-order chi connectivity index (χ1) is 9.86. The second-order valence-corrected chi connectivity index (χ2v) is 3.98. The van der Waals surface area contributed by atoms with Gasteiger partial charge in [0.15, 0.2) is 5.82 Å². The number of aromatic amines is 1. The summed E-state index contributed by atoms with van der Waals surface area (Å²) in [5.74, 6) is 1.23.